The van der Waals surface area contributed by atoms with E-state index in [1.807, 2.05) is 4.90 Å². The molecule has 1 aliphatic rings. The molecule has 2 atom stereocenters. The van der Waals surface area contributed by atoms with E-state index in [0.717, 1.165) is 0 Å². The van der Waals surface area contributed by atoms with Crippen LogP contribution in [0.15, 0.2) is 12.1 Å². The van der Waals surface area contributed by atoms with Crippen LogP contribution < -0.4 is 21.1 Å². The second kappa shape index (κ2) is 10.8. The van der Waals surface area contributed by atoms with Gasteiger partial charge in [-0.3, -0.25) is 14.5 Å². The van der Waals surface area contributed by atoms with Gasteiger partial charge in [0, 0.05) is 26.7 Å². The Morgan fingerprint density at radius 3 is 2.52 bits per heavy atom. The number of ether oxygens (including phenoxy) is 1. The molecule has 1 aliphatic heterocycles. The molecule has 1 aromatic rings. The highest BCUT2D eigenvalue weighted by atomic mass is 16.5. The molecule has 1 aromatic carbocycles. The fourth-order valence-corrected chi connectivity index (χ4v) is 3.63. The van der Waals surface area contributed by atoms with Crippen LogP contribution in [0.3, 0.4) is 0 Å². The van der Waals surface area contributed by atoms with Crippen molar-refractivity contribution < 1.29 is 39.4 Å². The molecule has 1 heterocycles. The SMILES string of the molecule is CNC(=O)CNC(=O)[C@@](C)(N)CN1CC(Oc2ccc([C@@H](C)CB(O)O)c(O)c2C(=O)O)C1. The zero-order valence-electron chi connectivity index (χ0n) is 18.9. The molecule has 0 saturated carbocycles. The number of phenols is 1. The van der Waals surface area contributed by atoms with E-state index in [2.05, 4.69) is 10.6 Å². The summed E-state index contributed by atoms with van der Waals surface area (Å²) in [6.45, 7) is 3.96. The Hall–Kier alpha value is -2.87. The van der Waals surface area contributed by atoms with Crippen molar-refractivity contribution >= 4 is 24.9 Å². The Kier molecular flexibility index (Phi) is 8.66. The third-order valence-corrected chi connectivity index (χ3v) is 5.46. The molecule has 0 spiro atoms. The fourth-order valence-electron chi connectivity index (χ4n) is 3.63. The molecule has 0 bridgehead atoms. The molecule has 13 heteroatoms. The first-order valence-electron chi connectivity index (χ1n) is 10.5. The first-order valence-corrected chi connectivity index (χ1v) is 10.5. The van der Waals surface area contributed by atoms with E-state index in [1.165, 1.54) is 19.2 Å². The fraction of sp³-hybridized carbons (Fsp3) is 0.550. The van der Waals surface area contributed by atoms with E-state index in [4.69, 9.17) is 20.5 Å². The molecular formula is C20H31BN4O8. The largest absolute Gasteiger partial charge is 0.507 e. The summed E-state index contributed by atoms with van der Waals surface area (Å²) < 4.78 is 5.76. The minimum Gasteiger partial charge on any atom is -0.507 e. The van der Waals surface area contributed by atoms with Gasteiger partial charge in [0.2, 0.25) is 11.8 Å². The van der Waals surface area contributed by atoms with Crippen molar-refractivity contribution in [3.8, 4) is 11.5 Å². The number of hydrogen-bond acceptors (Lipinski definition) is 9. The van der Waals surface area contributed by atoms with E-state index in [-0.39, 0.29) is 42.7 Å². The minimum atomic E-state index is -1.59. The molecule has 33 heavy (non-hydrogen) atoms. The van der Waals surface area contributed by atoms with Gasteiger partial charge < -0.3 is 41.4 Å². The number of nitrogens with two attached hydrogens (primary N) is 1. The maximum absolute atomic E-state index is 12.2. The molecule has 1 fully saturated rings. The highest BCUT2D eigenvalue weighted by Gasteiger charge is 2.38. The topological polar surface area (TPSA) is 195 Å². The van der Waals surface area contributed by atoms with Crippen LogP contribution in [0.5, 0.6) is 11.5 Å². The number of rotatable bonds is 11. The average molecular weight is 466 g/mol. The van der Waals surface area contributed by atoms with Crippen molar-refractivity contribution in [2.45, 2.75) is 37.7 Å². The van der Waals surface area contributed by atoms with Crippen molar-refractivity contribution in [3.63, 3.8) is 0 Å². The number of aromatic carboxylic acids is 1. The number of carboxylic acids is 1. The second-order valence-corrected chi connectivity index (χ2v) is 8.51. The van der Waals surface area contributed by atoms with Crippen LogP contribution in [0.2, 0.25) is 6.32 Å². The smallest absolute Gasteiger partial charge is 0.452 e. The number of nitrogens with one attached hydrogen (secondary N) is 2. The maximum atomic E-state index is 12.2. The number of amides is 2. The Balaban J connectivity index is 1.99. The highest BCUT2D eigenvalue weighted by Crippen LogP contribution is 2.38. The molecule has 12 nitrogen and oxygen atoms in total. The van der Waals surface area contributed by atoms with Gasteiger partial charge in [-0.25, -0.2) is 4.79 Å². The van der Waals surface area contributed by atoms with Crippen LogP contribution in [-0.2, 0) is 9.59 Å². The zero-order chi connectivity index (χ0) is 24.9. The predicted octanol–water partition coefficient (Wildman–Crippen LogP) is -1.69. The van der Waals surface area contributed by atoms with Crippen LogP contribution in [0, 0.1) is 0 Å². The van der Waals surface area contributed by atoms with Gasteiger partial charge in [0.1, 0.15) is 28.7 Å². The molecule has 8 N–H and O–H groups in total. The van der Waals surface area contributed by atoms with Gasteiger partial charge >= 0.3 is 13.1 Å². The molecule has 2 amide bonds. The van der Waals surface area contributed by atoms with E-state index in [9.17, 15) is 24.6 Å². The van der Waals surface area contributed by atoms with Gasteiger partial charge in [-0.15, -0.1) is 0 Å². The molecule has 0 radical (unpaired) electrons. The molecule has 2 rings (SSSR count). The van der Waals surface area contributed by atoms with Crippen molar-refractivity contribution in [3.05, 3.63) is 23.3 Å². The molecular weight excluding hydrogens is 435 g/mol. The quantitative estimate of drug-likeness (QED) is 0.185. The number of carboxylic acid groups (broad SMARTS) is 1. The summed E-state index contributed by atoms with van der Waals surface area (Å²) in [6, 6.07) is 2.93. The third kappa shape index (κ3) is 6.81. The Morgan fingerprint density at radius 2 is 1.97 bits per heavy atom. The van der Waals surface area contributed by atoms with Gasteiger partial charge in [-0.2, -0.15) is 0 Å². The van der Waals surface area contributed by atoms with Gasteiger partial charge in [0.15, 0.2) is 0 Å². The van der Waals surface area contributed by atoms with E-state index in [1.54, 1.807) is 13.8 Å². The molecule has 182 valence electrons. The standard InChI is InChI=1S/C20H31BN4O8/c1-11(6-21(31)32)13-4-5-14(16(17(13)27)18(28)29)33-12-8-25(9-12)10-20(2,22)19(30)24-7-15(26)23-3/h4-5,11-12,27,31-32H,6-10,22H2,1-3H3,(H,23,26)(H,24,30)(H,28,29)/t11-,20-/m0/s1. The monoisotopic (exact) mass is 466 g/mol. The van der Waals surface area contributed by atoms with Crippen molar-refractivity contribution in [1.29, 1.82) is 0 Å². The lowest BCUT2D eigenvalue weighted by Gasteiger charge is -2.42. The van der Waals surface area contributed by atoms with E-state index < -0.39 is 41.8 Å². The normalized spacial score (nSPS) is 16.8. The summed E-state index contributed by atoms with van der Waals surface area (Å²) >= 11 is 0. The number of carbonyl (C=O) groups is 3. The van der Waals surface area contributed by atoms with Crippen molar-refractivity contribution in [1.82, 2.24) is 15.5 Å². The van der Waals surface area contributed by atoms with Crippen molar-refractivity contribution in [2.75, 3.05) is 33.2 Å². The van der Waals surface area contributed by atoms with E-state index >= 15 is 0 Å². The summed E-state index contributed by atoms with van der Waals surface area (Å²) in [7, 11) is -0.136. The minimum absolute atomic E-state index is 0.0102. The maximum Gasteiger partial charge on any atom is 0.452 e. The first-order chi connectivity index (χ1) is 15.4. The molecule has 0 aromatic heterocycles. The Morgan fingerprint density at radius 1 is 1.33 bits per heavy atom. The van der Waals surface area contributed by atoms with Crippen molar-refractivity contribution in [2.24, 2.45) is 5.73 Å². The lowest BCUT2D eigenvalue weighted by Crippen LogP contribution is -2.64. The van der Waals surface area contributed by atoms with E-state index in [0.29, 0.717) is 13.1 Å². The lowest BCUT2D eigenvalue weighted by molar-refractivity contribution is -0.130. The number of nitrogens with zero attached hydrogens (tertiary/aromatic N) is 1. The van der Waals surface area contributed by atoms with Gasteiger partial charge in [0.25, 0.3) is 0 Å². The summed E-state index contributed by atoms with van der Waals surface area (Å²) in [5.41, 5.74) is 4.70. The lowest BCUT2D eigenvalue weighted by atomic mass is 9.76. The summed E-state index contributed by atoms with van der Waals surface area (Å²) in [6.07, 6.45) is -0.450. The number of likely N-dealkylation sites (N-methyl/N-ethyl adjacent to an activating group) is 1. The van der Waals surface area contributed by atoms with Crippen LogP contribution in [0.4, 0.5) is 0 Å². The number of likely N-dealkylation sites (tertiary alicyclic amines) is 1. The number of benzene rings is 1. The highest BCUT2D eigenvalue weighted by molar-refractivity contribution is 6.41. The predicted molar refractivity (Wildman–Crippen MR) is 119 cm³/mol. The summed E-state index contributed by atoms with van der Waals surface area (Å²) in [5.74, 6) is -3.18. The first kappa shape index (κ1) is 26.4. The van der Waals surface area contributed by atoms with Gasteiger partial charge in [-0.1, -0.05) is 13.0 Å². The molecule has 0 unspecified atom stereocenters. The molecule has 0 aliphatic carbocycles. The number of hydrogen-bond donors (Lipinski definition) is 7. The average Bonchev–Trinajstić information content (AvgIpc) is 2.68. The molecule has 1 saturated heterocycles. The second-order valence-electron chi connectivity index (χ2n) is 8.51. The van der Waals surface area contributed by atoms with Crippen LogP contribution >= 0.6 is 0 Å². The van der Waals surface area contributed by atoms with Gasteiger partial charge in [0.05, 0.1) is 6.54 Å². The number of carbonyl (C=O) groups excluding carboxylic acids is 2. The Bertz CT molecular complexity index is 889. The summed E-state index contributed by atoms with van der Waals surface area (Å²) in [5, 5.41) is 43.2. The number of aromatic hydroxyl groups is 1. The van der Waals surface area contributed by atoms with Gasteiger partial charge in [-0.05, 0) is 30.8 Å². The Labute approximate surface area is 191 Å². The van der Waals surface area contributed by atoms with Crippen LogP contribution in [-0.4, -0.2) is 94.9 Å². The zero-order valence-corrected chi connectivity index (χ0v) is 18.9. The van der Waals surface area contributed by atoms with Crippen LogP contribution in [0.1, 0.15) is 35.7 Å². The summed E-state index contributed by atoms with van der Waals surface area (Å²) in [4.78, 5) is 37.1. The third-order valence-electron chi connectivity index (χ3n) is 5.46. The van der Waals surface area contributed by atoms with Crippen LogP contribution in [0.25, 0.3) is 0 Å².